The van der Waals surface area contributed by atoms with Gasteiger partial charge in [-0.15, -0.1) is 0 Å². The Morgan fingerprint density at radius 2 is 1.76 bits per heavy atom. The van der Waals surface area contributed by atoms with E-state index in [2.05, 4.69) is 35.5 Å². The number of nitrogens with zero attached hydrogens (tertiary/aromatic N) is 3. The molecule has 3 saturated heterocycles. The van der Waals surface area contributed by atoms with Gasteiger partial charge in [-0.3, -0.25) is 9.69 Å². The van der Waals surface area contributed by atoms with Crippen LogP contribution in [-0.4, -0.2) is 72.0 Å². The van der Waals surface area contributed by atoms with Gasteiger partial charge in [0.25, 0.3) is 0 Å². The molecule has 3 rings (SSSR count). The van der Waals surface area contributed by atoms with Crippen LogP contribution in [0.5, 0.6) is 0 Å². The predicted molar refractivity (Wildman–Crippen MR) is 85.2 cm³/mol. The van der Waals surface area contributed by atoms with Crippen molar-refractivity contribution < 1.29 is 4.79 Å². The molecule has 3 heterocycles. The summed E-state index contributed by atoms with van der Waals surface area (Å²) in [6.07, 6.45) is 3.63. The van der Waals surface area contributed by atoms with Crippen LogP contribution in [0.15, 0.2) is 0 Å². The number of hydrogen-bond acceptors (Lipinski definition) is 3. The Morgan fingerprint density at radius 3 is 2.29 bits per heavy atom. The molecule has 21 heavy (non-hydrogen) atoms. The van der Waals surface area contributed by atoms with Crippen molar-refractivity contribution in [2.24, 2.45) is 11.8 Å². The van der Waals surface area contributed by atoms with Crippen LogP contribution in [0.2, 0.25) is 0 Å². The van der Waals surface area contributed by atoms with Gasteiger partial charge in [0.15, 0.2) is 0 Å². The third-order valence-electron chi connectivity index (χ3n) is 5.59. The van der Waals surface area contributed by atoms with Crippen molar-refractivity contribution in [1.29, 1.82) is 0 Å². The molecular formula is C17H31N3O. The first kappa shape index (κ1) is 15.3. The van der Waals surface area contributed by atoms with Gasteiger partial charge >= 0.3 is 0 Å². The number of amides is 1. The third-order valence-corrected chi connectivity index (χ3v) is 5.59. The van der Waals surface area contributed by atoms with E-state index in [9.17, 15) is 4.79 Å². The fourth-order valence-corrected chi connectivity index (χ4v) is 4.47. The third kappa shape index (κ3) is 3.11. The standard InChI is InChI=1S/C17H31N3O/c1-4-18-8-7-14(10-18)17(21)19-11-15-5-6-16(12-19)20(15)9-13(2)3/h13-16H,4-12H2,1-3H3/t14-,15?,16?/m1/s1. The number of fused-ring (bicyclic) bond motifs is 2. The lowest BCUT2D eigenvalue weighted by molar-refractivity contribution is -0.138. The summed E-state index contributed by atoms with van der Waals surface area (Å²) in [6, 6.07) is 1.25. The molecular weight excluding hydrogens is 262 g/mol. The summed E-state index contributed by atoms with van der Waals surface area (Å²) in [6.45, 7) is 13.1. The van der Waals surface area contributed by atoms with Gasteiger partial charge in [0.1, 0.15) is 0 Å². The van der Waals surface area contributed by atoms with Crippen molar-refractivity contribution in [3.05, 3.63) is 0 Å². The molecule has 0 aromatic heterocycles. The SMILES string of the molecule is CCN1CC[C@@H](C(=O)N2CC3CCC(C2)N3CC(C)C)C1. The van der Waals surface area contributed by atoms with Crippen LogP contribution in [0.4, 0.5) is 0 Å². The molecule has 120 valence electrons. The maximum absolute atomic E-state index is 12.8. The maximum atomic E-state index is 12.8. The summed E-state index contributed by atoms with van der Waals surface area (Å²) in [5, 5.41) is 0. The molecule has 3 fully saturated rings. The number of likely N-dealkylation sites (tertiary alicyclic amines) is 2. The van der Waals surface area contributed by atoms with E-state index >= 15 is 0 Å². The molecule has 0 aromatic carbocycles. The van der Waals surface area contributed by atoms with E-state index in [0.717, 1.165) is 45.1 Å². The second-order valence-electron chi connectivity index (χ2n) is 7.60. The minimum Gasteiger partial charge on any atom is -0.339 e. The number of piperazine rings is 1. The summed E-state index contributed by atoms with van der Waals surface area (Å²) in [5.74, 6) is 1.43. The first-order chi connectivity index (χ1) is 10.1. The first-order valence-electron chi connectivity index (χ1n) is 8.85. The van der Waals surface area contributed by atoms with Crippen molar-refractivity contribution in [3.8, 4) is 0 Å². The van der Waals surface area contributed by atoms with E-state index in [1.54, 1.807) is 0 Å². The Labute approximate surface area is 129 Å². The van der Waals surface area contributed by atoms with E-state index in [-0.39, 0.29) is 5.92 Å². The molecule has 2 unspecified atom stereocenters. The number of carbonyl (C=O) groups is 1. The topological polar surface area (TPSA) is 26.8 Å². The van der Waals surface area contributed by atoms with Crippen LogP contribution < -0.4 is 0 Å². The Morgan fingerprint density at radius 1 is 1.10 bits per heavy atom. The highest BCUT2D eigenvalue weighted by atomic mass is 16.2. The lowest BCUT2D eigenvalue weighted by Gasteiger charge is -2.42. The van der Waals surface area contributed by atoms with Gasteiger partial charge in [0, 0.05) is 38.3 Å². The second kappa shape index (κ2) is 6.25. The Kier molecular flexibility index (Phi) is 4.55. The minimum absolute atomic E-state index is 0.265. The molecule has 4 nitrogen and oxygen atoms in total. The highest BCUT2D eigenvalue weighted by Crippen LogP contribution is 2.32. The van der Waals surface area contributed by atoms with Gasteiger partial charge < -0.3 is 9.80 Å². The molecule has 0 spiro atoms. The summed E-state index contributed by atoms with van der Waals surface area (Å²) < 4.78 is 0. The van der Waals surface area contributed by atoms with Gasteiger partial charge in [-0.05, 0) is 38.3 Å². The van der Waals surface area contributed by atoms with Crippen molar-refractivity contribution in [1.82, 2.24) is 14.7 Å². The van der Waals surface area contributed by atoms with Crippen molar-refractivity contribution in [3.63, 3.8) is 0 Å². The zero-order valence-electron chi connectivity index (χ0n) is 13.9. The highest BCUT2D eigenvalue weighted by molar-refractivity contribution is 5.79. The summed E-state index contributed by atoms with van der Waals surface area (Å²) in [7, 11) is 0. The molecule has 3 atom stereocenters. The minimum atomic E-state index is 0.265. The molecule has 0 saturated carbocycles. The zero-order valence-corrected chi connectivity index (χ0v) is 13.9. The molecule has 0 N–H and O–H groups in total. The maximum Gasteiger partial charge on any atom is 0.227 e. The van der Waals surface area contributed by atoms with Crippen molar-refractivity contribution >= 4 is 5.91 Å². The largest absolute Gasteiger partial charge is 0.339 e. The summed E-state index contributed by atoms with van der Waals surface area (Å²) in [5.41, 5.74) is 0. The predicted octanol–water partition coefficient (Wildman–Crippen LogP) is 1.66. The monoisotopic (exact) mass is 293 g/mol. The molecule has 1 amide bonds. The summed E-state index contributed by atoms with van der Waals surface area (Å²) in [4.78, 5) is 20.1. The fourth-order valence-electron chi connectivity index (χ4n) is 4.47. The molecule has 3 aliphatic heterocycles. The van der Waals surface area contributed by atoms with E-state index in [0.29, 0.717) is 18.0 Å². The van der Waals surface area contributed by atoms with E-state index in [1.165, 1.54) is 19.4 Å². The van der Waals surface area contributed by atoms with Crippen LogP contribution in [-0.2, 0) is 4.79 Å². The highest BCUT2D eigenvalue weighted by Gasteiger charge is 2.43. The molecule has 3 aliphatic rings. The number of hydrogen-bond donors (Lipinski definition) is 0. The molecule has 2 bridgehead atoms. The van der Waals surface area contributed by atoms with Gasteiger partial charge in [0.05, 0.1) is 5.92 Å². The normalized spacial score (nSPS) is 34.1. The molecule has 4 heteroatoms. The van der Waals surface area contributed by atoms with E-state index in [1.807, 2.05) is 0 Å². The number of carbonyl (C=O) groups excluding carboxylic acids is 1. The number of rotatable bonds is 4. The smallest absolute Gasteiger partial charge is 0.227 e. The Balaban J connectivity index is 1.58. The van der Waals surface area contributed by atoms with Crippen LogP contribution in [0.1, 0.15) is 40.0 Å². The second-order valence-corrected chi connectivity index (χ2v) is 7.60. The van der Waals surface area contributed by atoms with Gasteiger partial charge in [-0.25, -0.2) is 0 Å². The molecule has 0 aliphatic carbocycles. The Hall–Kier alpha value is -0.610. The Bertz CT molecular complexity index is 370. The van der Waals surface area contributed by atoms with Gasteiger partial charge in [-0.1, -0.05) is 20.8 Å². The zero-order chi connectivity index (χ0) is 15.0. The van der Waals surface area contributed by atoms with Crippen molar-refractivity contribution in [2.75, 3.05) is 39.3 Å². The van der Waals surface area contributed by atoms with Gasteiger partial charge in [0.2, 0.25) is 5.91 Å². The average molecular weight is 293 g/mol. The van der Waals surface area contributed by atoms with Crippen LogP contribution in [0, 0.1) is 11.8 Å². The van der Waals surface area contributed by atoms with Crippen LogP contribution in [0.3, 0.4) is 0 Å². The average Bonchev–Trinajstić information content (AvgIpc) is 3.00. The fraction of sp³-hybridized carbons (Fsp3) is 0.941. The van der Waals surface area contributed by atoms with E-state index in [4.69, 9.17) is 0 Å². The first-order valence-corrected chi connectivity index (χ1v) is 8.85. The lowest BCUT2D eigenvalue weighted by Crippen LogP contribution is -2.57. The molecule has 0 aromatic rings. The van der Waals surface area contributed by atoms with Gasteiger partial charge in [-0.2, -0.15) is 0 Å². The van der Waals surface area contributed by atoms with Crippen molar-refractivity contribution in [2.45, 2.75) is 52.1 Å². The van der Waals surface area contributed by atoms with Crippen LogP contribution in [0.25, 0.3) is 0 Å². The lowest BCUT2D eigenvalue weighted by atomic mass is 10.0. The van der Waals surface area contributed by atoms with Crippen LogP contribution >= 0.6 is 0 Å². The quantitative estimate of drug-likeness (QED) is 0.789. The van der Waals surface area contributed by atoms with E-state index < -0.39 is 0 Å². The summed E-state index contributed by atoms with van der Waals surface area (Å²) >= 11 is 0. The molecule has 0 radical (unpaired) electrons.